The molecule has 10 nitrogen and oxygen atoms in total. The maximum absolute atomic E-state index is 13.1. The number of hydrogen-bond acceptors (Lipinski definition) is 6. The van der Waals surface area contributed by atoms with Crippen LogP contribution in [-0.2, 0) is 23.9 Å². The number of carbonyl (C=O) groups is 5. The second kappa shape index (κ2) is 14.0. The Hall–Kier alpha value is -2.65. The largest absolute Gasteiger partial charge is 0.449 e. The van der Waals surface area contributed by atoms with Gasteiger partial charge < -0.3 is 26.0 Å². The van der Waals surface area contributed by atoms with Gasteiger partial charge in [-0.1, -0.05) is 48.5 Å². The fourth-order valence-electron chi connectivity index (χ4n) is 3.61. The van der Waals surface area contributed by atoms with Crippen LogP contribution < -0.4 is 21.3 Å². The van der Waals surface area contributed by atoms with E-state index in [-0.39, 0.29) is 23.9 Å². The Labute approximate surface area is 209 Å². The lowest BCUT2D eigenvalue weighted by Gasteiger charge is -2.27. The summed E-state index contributed by atoms with van der Waals surface area (Å²) in [6.45, 7) is 14.1. The number of ether oxygens (including phenoxy) is 1. The van der Waals surface area contributed by atoms with Gasteiger partial charge in [0.05, 0.1) is 12.6 Å². The summed E-state index contributed by atoms with van der Waals surface area (Å²) >= 11 is 0. The van der Waals surface area contributed by atoms with Gasteiger partial charge in [-0.25, -0.2) is 4.79 Å². The van der Waals surface area contributed by atoms with Crippen molar-refractivity contribution in [1.82, 2.24) is 21.3 Å². The first kappa shape index (κ1) is 30.4. The molecule has 0 saturated carbocycles. The molecule has 3 atom stereocenters. The molecule has 1 aliphatic heterocycles. The number of Topliss-reactive ketones (excluding diaryl/α,β-unsaturated/α-hetero) is 1. The van der Waals surface area contributed by atoms with Crippen molar-refractivity contribution in [3.05, 3.63) is 0 Å². The summed E-state index contributed by atoms with van der Waals surface area (Å²) in [5.41, 5.74) is -0.223. The van der Waals surface area contributed by atoms with Gasteiger partial charge in [-0.2, -0.15) is 0 Å². The van der Waals surface area contributed by atoms with E-state index in [4.69, 9.17) is 4.74 Å². The maximum atomic E-state index is 13.1. The lowest BCUT2D eigenvalue weighted by atomic mass is 9.98. The predicted octanol–water partition coefficient (Wildman–Crippen LogP) is 2.06. The Morgan fingerprint density at radius 3 is 2.06 bits per heavy atom. The molecule has 0 aromatic rings. The van der Waals surface area contributed by atoms with Crippen molar-refractivity contribution in [1.29, 1.82) is 0 Å². The monoisotopic (exact) mass is 496 g/mol. The van der Waals surface area contributed by atoms with E-state index < -0.39 is 47.7 Å². The zero-order chi connectivity index (χ0) is 26.8. The number of carbonyl (C=O) groups excluding carboxylic acids is 5. The van der Waals surface area contributed by atoms with Gasteiger partial charge in [-0.3, -0.25) is 19.2 Å². The van der Waals surface area contributed by atoms with E-state index in [0.29, 0.717) is 38.6 Å². The smallest absolute Gasteiger partial charge is 0.407 e. The maximum Gasteiger partial charge on any atom is 0.407 e. The van der Waals surface area contributed by atoms with Gasteiger partial charge in [0.2, 0.25) is 17.6 Å². The molecule has 200 valence electrons. The normalized spacial score (nSPS) is 18.7. The fourth-order valence-corrected chi connectivity index (χ4v) is 3.61. The Bertz CT molecular complexity index is 760. The minimum absolute atomic E-state index is 0.0654. The molecule has 0 aliphatic carbocycles. The summed E-state index contributed by atoms with van der Waals surface area (Å²) < 4.78 is 5.25. The molecule has 4 N–H and O–H groups in total. The fraction of sp³-hybridized carbons (Fsp3) is 0.800. The van der Waals surface area contributed by atoms with Crippen molar-refractivity contribution in [2.45, 2.75) is 98.7 Å². The molecule has 3 unspecified atom stereocenters. The summed E-state index contributed by atoms with van der Waals surface area (Å²) in [6, 6.07) is -2.75. The molecule has 4 amide bonds. The quantitative estimate of drug-likeness (QED) is 0.341. The van der Waals surface area contributed by atoms with Crippen molar-refractivity contribution in [3.8, 4) is 0 Å². The zero-order valence-electron chi connectivity index (χ0n) is 22.3. The van der Waals surface area contributed by atoms with Gasteiger partial charge in [0, 0.05) is 6.54 Å². The van der Waals surface area contributed by atoms with Crippen molar-refractivity contribution in [3.63, 3.8) is 0 Å². The SMILES string of the molecule is CC(C)CC(NC(=O)OCC(C)(C)C)C(=O)NC(CC(C)C)C(=O)NC1CCCCNC(=O)C1=O. The highest BCUT2D eigenvalue weighted by atomic mass is 16.5. The molecule has 0 aromatic carbocycles. The highest BCUT2D eigenvalue weighted by molar-refractivity contribution is 6.38. The lowest BCUT2D eigenvalue weighted by molar-refractivity contribution is -0.141. The molecule has 35 heavy (non-hydrogen) atoms. The van der Waals surface area contributed by atoms with Crippen LogP contribution in [0.2, 0.25) is 0 Å². The van der Waals surface area contributed by atoms with Crippen LogP contribution in [0.5, 0.6) is 0 Å². The third-order valence-electron chi connectivity index (χ3n) is 5.35. The van der Waals surface area contributed by atoms with Gasteiger partial charge in [0.25, 0.3) is 5.91 Å². The van der Waals surface area contributed by atoms with Crippen LogP contribution in [0.25, 0.3) is 0 Å². The summed E-state index contributed by atoms with van der Waals surface area (Å²) in [4.78, 5) is 62.9. The van der Waals surface area contributed by atoms with Gasteiger partial charge in [-0.05, 0) is 49.4 Å². The van der Waals surface area contributed by atoms with Gasteiger partial charge in [-0.15, -0.1) is 0 Å². The van der Waals surface area contributed by atoms with Crippen LogP contribution in [-0.4, -0.2) is 60.9 Å². The van der Waals surface area contributed by atoms with Crippen molar-refractivity contribution in [2.24, 2.45) is 17.3 Å². The molecule has 1 heterocycles. The minimum Gasteiger partial charge on any atom is -0.449 e. The molecule has 0 spiro atoms. The van der Waals surface area contributed by atoms with Crippen molar-refractivity contribution >= 4 is 29.6 Å². The van der Waals surface area contributed by atoms with Crippen LogP contribution >= 0.6 is 0 Å². The Balaban J connectivity index is 2.93. The van der Waals surface area contributed by atoms with Gasteiger partial charge in [0.1, 0.15) is 12.1 Å². The van der Waals surface area contributed by atoms with Crippen LogP contribution in [0, 0.1) is 17.3 Å². The van der Waals surface area contributed by atoms with Gasteiger partial charge >= 0.3 is 6.09 Å². The molecule has 1 aliphatic rings. The number of rotatable bonds is 10. The molecule has 10 heteroatoms. The molecule has 0 aromatic heterocycles. The molecular weight excluding hydrogens is 452 g/mol. The first-order valence-corrected chi connectivity index (χ1v) is 12.6. The standard InChI is InChI=1S/C25H44N4O6/c1-15(2)12-18(21(31)27-17-10-8-9-11-26-23(33)20(17)30)28-22(32)19(13-16(3)4)29-24(34)35-14-25(5,6)7/h15-19H,8-14H2,1-7H3,(H,26,33)(H,27,31)(H,28,32)(H,29,34). The third kappa shape index (κ3) is 12.0. The summed E-state index contributed by atoms with van der Waals surface area (Å²) in [5.74, 6) is -2.28. The van der Waals surface area contributed by atoms with E-state index in [1.807, 2.05) is 48.5 Å². The number of alkyl carbamates (subject to hydrolysis) is 1. The van der Waals surface area contributed by atoms with Crippen LogP contribution in [0.1, 0.15) is 80.6 Å². The molecule has 0 bridgehead atoms. The number of nitrogens with one attached hydrogen (secondary N) is 4. The number of amides is 4. The second-order valence-corrected chi connectivity index (χ2v) is 11.3. The van der Waals surface area contributed by atoms with Crippen LogP contribution in [0.4, 0.5) is 4.79 Å². The van der Waals surface area contributed by atoms with Crippen molar-refractivity contribution in [2.75, 3.05) is 13.2 Å². The first-order chi connectivity index (χ1) is 16.2. The van der Waals surface area contributed by atoms with E-state index in [0.717, 1.165) is 0 Å². The number of hydrogen-bond donors (Lipinski definition) is 4. The Kier molecular flexibility index (Phi) is 12.2. The lowest BCUT2D eigenvalue weighted by Crippen LogP contribution is -2.57. The molecular formula is C25H44N4O6. The predicted molar refractivity (Wildman–Crippen MR) is 132 cm³/mol. The van der Waals surface area contributed by atoms with Crippen LogP contribution in [0.3, 0.4) is 0 Å². The topological polar surface area (TPSA) is 143 Å². The Morgan fingerprint density at radius 1 is 0.943 bits per heavy atom. The van der Waals surface area contributed by atoms with E-state index in [9.17, 15) is 24.0 Å². The first-order valence-electron chi connectivity index (χ1n) is 12.6. The van der Waals surface area contributed by atoms with Crippen molar-refractivity contribution < 1.29 is 28.7 Å². The summed E-state index contributed by atoms with van der Waals surface area (Å²) in [7, 11) is 0. The average molecular weight is 497 g/mol. The van der Waals surface area contributed by atoms with E-state index in [2.05, 4.69) is 21.3 Å². The summed E-state index contributed by atoms with van der Waals surface area (Å²) in [6.07, 6.45) is 1.73. The van der Waals surface area contributed by atoms with Gasteiger partial charge in [0.15, 0.2) is 0 Å². The Morgan fingerprint density at radius 2 is 1.51 bits per heavy atom. The molecule has 1 fully saturated rings. The average Bonchev–Trinajstić information content (AvgIpc) is 2.72. The second-order valence-electron chi connectivity index (χ2n) is 11.3. The van der Waals surface area contributed by atoms with E-state index in [1.165, 1.54) is 0 Å². The molecule has 1 rings (SSSR count). The third-order valence-corrected chi connectivity index (χ3v) is 5.35. The highest BCUT2D eigenvalue weighted by Crippen LogP contribution is 2.14. The minimum atomic E-state index is -0.939. The highest BCUT2D eigenvalue weighted by Gasteiger charge is 2.33. The zero-order valence-corrected chi connectivity index (χ0v) is 22.3. The molecule has 0 radical (unpaired) electrons. The molecule has 1 saturated heterocycles. The number of ketones is 1. The summed E-state index contributed by atoms with van der Waals surface area (Å²) in [5, 5.41) is 10.6. The van der Waals surface area contributed by atoms with Crippen LogP contribution in [0.15, 0.2) is 0 Å². The van der Waals surface area contributed by atoms with E-state index >= 15 is 0 Å². The van der Waals surface area contributed by atoms with E-state index in [1.54, 1.807) is 0 Å².